The first-order valence-electron chi connectivity index (χ1n) is 10.5. The Hall–Kier alpha value is -3.41. The van der Waals surface area contributed by atoms with Gasteiger partial charge in [0.05, 0.1) is 18.0 Å². The molecule has 3 rings (SSSR count). The first-order valence-corrected chi connectivity index (χ1v) is 10.5. The van der Waals surface area contributed by atoms with Gasteiger partial charge in [0.15, 0.2) is 0 Å². The zero-order chi connectivity index (χ0) is 22.4. The minimum atomic E-state index is -0.276. The maximum absolute atomic E-state index is 12.8. The Bertz CT molecular complexity index is 1020. The van der Waals surface area contributed by atoms with E-state index >= 15 is 0 Å². The van der Waals surface area contributed by atoms with E-state index in [1.165, 1.54) is 11.8 Å². The lowest BCUT2D eigenvalue weighted by atomic mass is 9.99. The highest BCUT2D eigenvalue weighted by Gasteiger charge is 2.24. The Morgan fingerprint density at radius 1 is 1.29 bits per heavy atom. The molecule has 6 heteroatoms. The van der Waals surface area contributed by atoms with Crippen molar-refractivity contribution in [1.82, 2.24) is 9.88 Å². The second-order valence-electron chi connectivity index (χ2n) is 7.68. The van der Waals surface area contributed by atoms with Crippen LogP contribution in [0.1, 0.15) is 34.2 Å². The molecule has 1 aromatic carbocycles. The average molecular weight is 422 g/mol. The van der Waals surface area contributed by atoms with Gasteiger partial charge in [-0.1, -0.05) is 25.1 Å². The molecule has 0 saturated heterocycles. The summed E-state index contributed by atoms with van der Waals surface area (Å²) in [5.41, 5.74) is 4.17. The summed E-state index contributed by atoms with van der Waals surface area (Å²) in [5, 5.41) is 2.91. The van der Waals surface area contributed by atoms with Crippen molar-refractivity contribution >= 4 is 17.5 Å². The standard InChI is InChI=1S/C25H29N3O3.H2/c1-5-31-24-14-17(2)9-12-23(24)28(19(4)29)16-25(30)27-20-11-10-18(3)21(15-20)22-8-6-7-13-26-22;/h6-13,15,17H,5,14,16H2,1-4H3,(H,27,30);1H. The molecule has 0 aliphatic heterocycles. The van der Waals surface area contributed by atoms with Crippen LogP contribution in [-0.4, -0.2) is 34.8 Å². The van der Waals surface area contributed by atoms with Crippen molar-refractivity contribution < 1.29 is 15.8 Å². The quantitative estimate of drug-likeness (QED) is 0.688. The second-order valence-corrected chi connectivity index (χ2v) is 7.68. The van der Waals surface area contributed by atoms with Crippen molar-refractivity contribution in [3.8, 4) is 11.3 Å². The zero-order valence-corrected chi connectivity index (χ0v) is 18.5. The summed E-state index contributed by atoms with van der Waals surface area (Å²) in [5.74, 6) is 0.583. The van der Waals surface area contributed by atoms with Crippen LogP contribution < -0.4 is 5.32 Å². The number of ether oxygens (including phenoxy) is 1. The van der Waals surface area contributed by atoms with Crippen molar-refractivity contribution in [2.24, 2.45) is 5.92 Å². The number of aromatic nitrogens is 1. The number of carbonyl (C=O) groups is 2. The summed E-state index contributed by atoms with van der Waals surface area (Å²) in [6.07, 6.45) is 6.35. The molecule has 1 atom stereocenters. The molecule has 1 heterocycles. The van der Waals surface area contributed by atoms with Gasteiger partial charge in [-0.3, -0.25) is 14.6 Å². The van der Waals surface area contributed by atoms with Crippen LogP contribution in [0.5, 0.6) is 0 Å². The molecule has 1 aliphatic carbocycles. The fourth-order valence-corrected chi connectivity index (χ4v) is 3.57. The van der Waals surface area contributed by atoms with E-state index < -0.39 is 0 Å². The van der Waals surface area contributed by atoms with Crippen LogP contribution in [0.15, 0.2) is 66.2 Å². The Morgan fingerprint density at radius 3 is 2.77 bits per heavy atom. The van der Waals surface area contributed by atoms with Gasteiger partial charge < -0.3 is 15.0 Å². The predicted octanol–water partition coefficient (Wildman–Crippen LogP) is 4.93. The molecule has 6 nitrogen and oxygen atoms in total. The third-order valence-corrected chi connectivity index (χ3v) is 5.13. The largest absolute Gasteiger partial charge is 0.496 e. The summed E-state index contributed by atoms with van der Waals surface area (Å²) in [6.45, 7) is 7.89. The van der Waals surface area contributed by atoms with Crippen molar-refractivity contribution in [3.05, 3.63) is 71.8 Å². The number of allylic oxidation sites excluding steroid dienone is 3. The second kappa shape index (κ2) is 10.1. The number of aryl methyl sites for hydroxylation is 1. The molecule has 0 radical (unpaired) electrons. The lowest BCUT2D eigenvalue weighted by molar-refractivity contribution is -0.130. The number of nitrogens with one attached hydrogen (secondary N) is 1. The molecule has 0 saturated carbocycles. The van der Waals surface area contributed by atoms with E-state index in [0.29, 0.717) is 30.3 Å². The average Bonchev–Trinajstić information content (AvgIpc) is 2.75. The molecule has 0 spiro atoms. The summed E-state index contributed by atoms with van der Waals surface area (Å²) >= 11 is 0. The first kappa shape index (κ1) is 22.3. The van der Waals surface area contributed by atoms with Crippen molar-refractivity contribution in [1.29, 1.82) is 0 Å². The van der Waals surface area contributed by atoms with E-state index in [1.807, 2.05) is 62.4 Å². The molecule has 0 bridgehead atoms. The van der Waals surface area contributed by atoms with Gasteiger partial charge in [0, 0.05) is 32.2 Å². The lowest BCUT2D eigenvalue weighted by Crippen LogP contribution is -2.37. The number of benzene rings is 1. The van der Waals surface area contributed by atoms with E-state index in [4.69, 9.17) is 4.74 Å². The Morgan fingerprint density at radius 2 is 2.10 bits per heavy atom. The third-order valence-electron chi connectivity index (χ3n) is 5.13. The van der Waals surface area contributed by atoms with Gasteiger partial charge in [0.25, 0.3) is 0 Å². The maximum Gasteiger partial charge on any atom is 0.244 e. The van der Waals surface area contributed by atoms with Gasteiger partial charge >= 0.3 is 0 Å². The lowest BCUT2D eigenvalue weighted by Gasteiger charge is -2.28. The van der Waals surface area contributed by atoms with Gasteiger partial charge in [0.1, 0.15) is 12.3 Å². The molecule has 1 aromatic heterocycles. The molecular weight excluding hydrogens is 390 g/mol. The number of pyridine rings is 1. The maximum atomic E-state index is 12.8. The first-order chi connectivity index (χ1) is 14.9. The van der Waals surface area contributed by atoms with Gasteiger partial charge in [-0.2, -0.15) is 0 Å². The minimum Gasteiger partial charge on any atom is -0.496 e. The Balaban J connectivity index is 0.00000363. The summed E-state index contributed by atoms with van der Waals surface area (Å²) in [7, 11) is 0. The molecule has 1 unspecified atom stereocenters. The molecular formula is C25H31N3O3. The number of hydrogen-bond acceptors (Lipinski definition) is 4. The van der Waals surface area contributed by atoms with Crippen molar-refractivity contribution in [2.45, 2.75) is 34.1 Å². The van der Waals surface area contributed by atoms with Crippen LogP contribution in [0.2, 0.25) is 0 Å². The van der Waals surface area contributed by atoms with Crippen LogP contribution in [0, 0.1) is 12.8 Å². The smallest absolute Gasteiger partial charge is 0.244 e. The Labute approximate surface area is 185 Å². The summed E-state index contributed by atoms with van der Waals surface area (Å²) in [6, 6.07) is 11.4. The fourth-order valence-electron chi connectivity index (χ4n) is 3.57. The van der Waals surface area contributed by atoms with Crippen LogP contribution in [0.4, 0.5) is 5.69 Å². The van der Waals surface area contributed by atoms with Crippen LogP contribution in [0.25, 0.3) is 11.3 Å². The number of nitrogens with zero attached hydrogens (tertiary/aromatic N) is 2. The molecule has 31 heavy (non-hydrogen) atoms. The molecule has 0 fully saturated rings. The highest BCUT2D eigenvalue weighted by atomic mass is 16.5. The monoisotopic (exact) mass is 421 g/mol. The minimum absolute atomic E-state index is 0. The van der Waals surface area contributed by atoms with E-state index in [1.54, 1.807) is 6.20 Å². The highest BCUT2D eigenvalue weighted by Crippen LogP contribution is 2.28. The summed E-state index contributed by atoms with van der Waals surface area (Å²) < 4.78 is 5.77. The molecule has 1 N–H and O–H groups in total. The van der Waals surface area contributed by atoms with Gasteiger partial charge in [0.2, 0.25) is 11.8 Å². The topological polar surface area (TPSA) is 71.5 Å². The van der Waals surface area contributed by atoms with E-state index in [-0.39, 0.29) is 19.8 Å². The number of amides is 2. The highest BCUT2D eigenvalue weighted by molar-refractivity contribution is 5.95. The van der Waals surface area contributed by atoms with Gasteiger partial charge in [-0.05, 0) is 55.7 Å². The molecule has 164 valence electrons. The van der Waals surface area contributed by atoms with Crippen molar-refractivity contribution in [2.75, 3.05) is 18.5 Å². The van der Waals surface area contributed by atoms with E-state index in [2.05, 4.69) is 17.2 Å². The number of rotatable bonds is 7. The van der Waals surface area contributed by atoms with Crippen LogP contribution in [-0.2, 0) is 14.3 Å². The van der Waals surface area contributed by atoms with Crippen molar-refractivity contribution in [3.63, 3.8) is 0 Å². The summed E-state index contributed by atoms with van der Waals surface area (Å²) in [4.78, 5) is 31.1. The van der Waals surface area contributed by atoms with E-state index in [9.17, 15) is 9.59 Å². The van der Waals surface area contributed by atoms with Crippen LogP contribution in [0.3, 0.4) is 0 Å². The third kappa shape index (κ3) is 5.60. The van der Waals surface area contributed by atoms with Gasteiger partial charge in [-0.25, -0.2) is 0 Å². The van der Waals surface area contributed by atoms with E-state index in [0.717, 1.165) is 22.6 Å². The number of hydrogen-bond donors (Lipinski definition) is 1. The Kier molecular flexibility index (Phi) is 7.23. The predicted molar refractivity (Wildman–Crippen MR) is 124 cm³/mol. The number of anilines is 1. The molecule has 1 aliphatic rings. The fraction of sp³-hybridized carbons (Fsp3) is 0.320. The normalized spacial score (nSPS) is 15.5. The molecule has 2 amide bonds. The number of carbonyl (C=O) groups excluding carboxylic acids is 2. The van der Waals surface area contributed by atoms with Crippen LogP contribution >= 0.6 is 0 Å². The zero-order valence-electron chi connectivity index (χ0n) is 18.5. The molecule has 2 aromatic rings. The van der Waals surface area contributed by atoms with Gasteiger partial charge in [-0.15, -0.1) is 0 Å². The SMILES string of the molecule is CCOC1=C(N(CC(=O)Nc2ccc(C)c(-c3ccccn3)c2)C(C)=O)C=CC(C)C1.[HH].